The second-order valence-electron chi connectivity index (χ2n) is 10.3. The molecule has 0 aromatic rings. The van der Waals surface area contributed by atoms with E-state index in [1.165, 1.54) is 0 Å². The first-order valence-electron chi connectivity index (χ1n) is 10.6. The molecule has 0 aromatic heterocycles. The van der Waals surface area contributed by atoms with Gasteiger partial charge in [0, 0.05) is 32.4 Å². The Bertz CT molecular complexity index is 646. The minimum Gasteiger partial charge on any atom is -0.549 e. The van der Waals surface area contributed by atoms with Crippen molar-refractivity contribution in [1.29, 1.82) is 0 Å². The van der Waals surface area contributed by atoms with Gasteiger partial charge in [-0.3, -0.25) is 19.3 Å². The molecule has 0 aromatic carbocycles. The summed E-state index contributed by atoms with van der Waals surface area (Å²) < 4.78 is 0. The molecule has 33 heavy (non-hydrogen) atoms. The molecule has 5 N–H and O–H groups in total. The van der Waals surface area contributed by atoms with Crippen LogP contribution in [0.3, 0.4) is 0 Å². The molecule has 0 radical (unpaired) electrons. The molecule has 1 heterocycles. The van der Waals surface area contributed by atoms with Crippen molar-refractivity contribution in [3.63, 3.8) is 0 Å². The van der Waals surface area contributed by atoms with E-state index in [2.05, 4.69) is 33.0 Å². The van der Waals surface area contributed by atoms with Crippen LogP contribution in [0.15, 0.2) is 0 Å². The van der Waals surface area contributed by atoms with E-state index in [-0.39, 0.29) is 23.0 Å². The van der Waals surface area contributed by atoms with Crippen LogP contribution >= 0.6 is 0 Å². The summed E-state index contributed by atoms with van der Waals surface area (Å²) in [6.45, 7) is 11.9. The van der Waals surface area contributed by atoms with Crippen LogP contribution < -0.4 is 15.5 Å². The van der Waals surface area contributed by atoms with Gasteiger partial charge in [0.15, 0.2) is 0 Å². The number of aliphatic carboxylic acids is 3. The quantitative estimate of drug-likeness (QED) is 0.228. The van der Waals surface area contributed by atoms with Gasteiger partial charge in [-0.05, 0) is 41.5 Å². The van der Waals surface area contributed by atoms with E-state index in [1.54, 1.807) is 20.8 Å². The van der Waals surface area contributed by atoms with Gasteiger partial charge in [0.05, 0.1) is 24.7 Å². The average molecular weight is 478 g/mol. The maximum Gasteiger partial charge on any atom is 0.317 e. The fourth-order valence-electron chi connectivity index (χ4n) is 4.17. The number of amides is 1. The summed E-state index contributed by atoms with van der Waals surface area (Å²) in [6, 6.07) is 0.173. The standard InChI is InChI=1S/C15H30N2O3.C6H9NO6/c1-11(18)16-12-8-13(2,3)17(14(4,5)9-12)20-10-15(6,7)19;8-4(9)1-7(2-5(10)11)3-6(12)13/h12,19H,8-10H2,1-7H3,(H,16,18);1-3H2,(H,8,9)(H,10,11)(H,12,13). The van der Waals surface area contributed by atoms with Gasteiger partial charge in [0.2, 0.25) is 5.91 Å². The third-order valence-electron chi connectivity index (χ3n) is 4.79. The highest BCUT2D eigenvalue weighted by Crippen LogP contribution is 2.24. The van der Waals surface area contributed by atoms with E-state index in [4.69, 9.17) is 15.1 Å². The van der Waals surface area contributed by atoms with Crippen LogP contribution in [0.2, 0.25) is 0 Å². The first-order valence-corrected chi connectivity index (χ1v) is 10.6. The lowest BCUT2D eigenvalue weighted by molar-refractivity contribution is -1.17. The normalized spacial score (nSPS) is 21.5. The lowest BCUT2D eigenvalue weighted by Crippen LogP contribution is -3.26. The molecule has 0 saturated carbocycles. The first-order chi connectivity index (χ1) is 14.7. The molecule has 1 fully saturated rings. The fraction of sp³-hybridized carbons (Fsp3) is 0.810. The van der Waals surface area contributed by atoms with Crippen molar-refractivity contribution >= 4 is 23.8 Å². The Morgan fingerprint density at radius 1 is 1.03 bits per heavy atom. The SMILES string of the molecule is CC(=O)NC1CC(C)(C)[NH+](OCC(C)(C)O)C(C)(C)C1.O=C([O-])CN(CC(=O)O)CC(=O)O. The van der Waals surface area contributed by atoms with Gasteiger partial charge in [-0.1, -0.05) is 0 Å². The van der Waals surface area contributed by atoms with Crippen LogP contribution in [0.5, 0.6) is 0 Å². The average Bonchev–Trinajstić information content (AvgIpc) is 2.48. The Morgan fingerprint density at radius 3 is 1.76 bits per heavy atom. The van der Waals surface area contributed by atoms with Crippen molar-refractivity contribution in [3.05, 3.63) is 0 Å². The molecule has 0 spiro atoms. The molecule has 0 unspecified atom stereocenters. The maximum atomic E-state index is 11.3. The summed E-state index contributed by atoms with van der Waals surface area (Å²) in [5.74, 6) is -4.07. The lowest BCUT2D eigenvalue weighted by Gasteiger charge is -2.49. The first kappa shape index (κ1) is 30.7. The summed E-state index contributed by atoms with van der Waals surface area (Å²) in [6.07, 6.45) is 1.72. The second kappa shape index (κ2) is 12.3. The van der Waals surface area contributed by atoms with Crippen molar-refractivity contribution in [2.75, 3.05) is 26.2 Å². The lowest BCUT2D eigenvalue weighted by atomic mass is 9.79. The highest BCUT2D eigenvalue weighted by Gasteiger charge is 2.51. The molecule has 1 rings (SSSR count). The summed E-state index contributed by atoms with van der Waals surface area (Å²) in [5, 5.41) is 40.5. The summed E-state index contributed by atoms with van der Waals surface area (Å²) >= 11 is 0. The molecule has 0 aliphatic carbocycles. The number of carboxylic acid groups (broad SMARTS) is 3. The van der Waals surface area contributed by atoms with E-state index >= 15 is 0 Å². The number of carbonyl (C=O) groups is 4. The van der Waals surface area contributed by atoms with Crippen molar-refractivity contribution < 1.29 is 49.5 Å². The number of nitrogens with zero attached hydrogens (tertiary/aromatic N) is 1. The largest absolute Gasteiger partial charge is 0.549 e. The molecule has 0 bridgehead atoms. The number of rotatable bonds is 10. The molecular weight excluding hydrogens is 438 g/mol. The number of quaternary nitrogens is 1. The van der Waals surface area contributed by atoms with E-state index in [0.717, 1.165) is 22.8 Å². The number of carbonyl (C=O) groups excluding carboxylic acids is 2. The smallest absolute Gasteiger partial charge is 0.317 e. The topological polar surface area (TPSA) is 181 Å². The third kappa shape index (κ3) is 13.1. The molecule has 12 nitrogen and oxygen atoms in total. The monoisotopic (exact) mass is 477 g/mol. The summed E-state index contributed by atoms with van der Waals surface area (Å²) in [4.78, 5) is 48.3. The van der Waals surface area contributed by atoms with Crippen LogP contribution in [-0.4, -0.2) is 93.0 Å². The zero-order valence-corrected chi connectivity index (χ0v) is 20.6. The summed E-state index contributed by atoms with van der Waals surface area (Å²) in [7, 11) is 0. The van der Waals surface area contributed by atoms with Crippen molar-refractivity contribution in [3.8, 4) is 0 Å². The number of hydrogen-bond donors (Lipinski definition) is 5. The predicted octanol–water partition coefficient (Wildman–Crippen LogP) is -2.36. The third-order valence-corrected chi connectivity index (χ3v) is 4.79. The minimum atomic E-state index is -1.51. The number of aliphatic hydroxyl groups is 1. The van der Waals surface area contributed by atoms with Crippen molar-refractivity contribution in [2.45, 2.75) is 84.0 Å². The van der Waals surface area contributed by atoms with Gasteiger partial charge in [-0.25, -0.2) is 4.84 Å². The Hall–Kier alpha value is -2.28. The number of piperidine rings is 1. The number of nitrogens with one attached hydrogen (secondary N) is 2. The van der Waals surface area contributed by atoms with E-state index in [1.807, 2.05) is 0 Å². The van der Waals surface area contributed by atoms with Crippen LogP contribution in [0.1, 0.15) is 61.3 Å². The maximum absolute atomic E-state index is 11.3. The Morgan fingerprint density at radius 2 is 1.45 bits per heavy atom. The fourth-order valence-corrected chi connectivity index (χ4v) is 4.17. The molecule has 12 heteroatoms. The van der Waals surface area contributed by atoms with Crippen molar-refractivity contribution in [2.24, 2.45) is 0 Å². The zero-order chi connectivity index (χ0) is 26.2. The van der Waals surface area contributed by atoms with Gasteiger partial charge in [-0.15, -0.1) is 0 Å². The van der Waals surface area contributed by atoms with Crippen LogP contribution in [0.25, 0.3) is 0 Å². The highest BCUT2D eigenvalue weighted by atomic mass is 16.7. The van der Waals surface area contributed by atoms with Gasteiger partial charge >= 0.3 is 11.9 Å². The number of carboxylic acids is 3. The molecular formula is C21H39N3O9. The Labute approximate surface area is 194 Å². The molecule has 0 atom stereocenters. The molecule has 1 saturated heterocycles. The molecule has 1 amide bonds. The van der Waals surface area contributed by atoms with Gasteiger partial charge in [0.1, 0.15) is 17.7 Å². The van der Waals surface area contributed by atoms with Crippen LogP contribution in [0, 0.1) is 0 Å². The molecule has 192 valence electrons. The van der Waals surface area contributed by atoms with E-state index < -0.39 is 43.1 Å². The second-order valence-corrected chi connectivity index (χ2v) is 10.3. The van der Waals surface area contributed by atoms with Crippen LogP contribution in [-0.2, 0) is 24.0 Å². The predicted molar refractivity (Wildman–Crippen MR) is 115 cm³/mol. The minimum absolute atomic E-state index is 0.0162. The van der Waals surface area contributed by atoms with E-state index in [9.17, 15) is 29.4 Å². The molecule has 1 aliphatic heterocycles. The van der Waals surface area contributed by atoms with E-state index in [0.29, 0.717) is 6.61 Å². The van der Waals surface area contributed by atoms with Crippen molar-refractivity contribution in [1.82, 2.24) is 10.2 Å². The van der Waals surface area contributed by atoms with Gasteiger partial charge < -0.3 is 30.5 Å². The summed E-state index contributed by atoms with van der Waals surface area (Å²) in [5.41, 5.74) is -1.09. The van der Waals surface area contributed by atoms with Gasteiger partial charge in [0.25, 0.3) is 0 Å². The Balaban J connectivity index is 0.000000684. The molecule has 1 aliphatic rings. The highest BCUT2D eigenvalue weighted by molar-refractivity contribution is 5.75. The number of hydrogen-bond acceptors (Lipinski definition) is 8. The number of hydroxylamine groups is 2. The zero-order valence-electron chi connectivity index (χ0n) is 20.6. The van der Waals surface area contributed by atoms with Gasteiger partial charge in [-0.2, -0.15) is 5.06 Å². The Kier molecular flexibility index (Phi) is 11.4. The van der Waals surface area contributed by atoms with Crippen LogP contribution in [0.4, 0.5) is 0 Å².